The Labute approximate surface area is 189 Å². The van der Waals surface area contributed by atoms with Crippen LogP contribution in [0.1, 0.15) is 23.3 Å². The Morgan fingerprint density at radius 3 is 2.94 bits per heavy atom. The molecule has 0 bridgehead atoms. The van der Waals surface area contributed by atoms with Crippen LogP contribution in [-0.4, -0.2) is 58.2 Å². The maximum Gasteiger partial charge on any atom is 0.226 e. The van der Waals surface area contributed by atoms with E-state index in [0.29, 0.717) is 5.91 Å². The third-order valence-electron chi connectivity index (χ3n) is 6.65. The van der Waals surface area contributed by atoms with Crippen molar-refractivity contribution in [2.75, 3.05) is 37.4 Å². The van der Waals surface area contributed by atoms with Crippen LogP contribution in [0, 0.1) is 5.92 Å². The maximum atomic E-state index is 12.8. The molecule has 1 saturated heterocycles. The van der Waals surface area contributed by atoms with Crippen molar-refractivity contribution >= 4 is 55.6 Å². The van der Waals surface area contributed by atoms with Crippen LogP contribution in [0.2, 0.25) is 0 Å². The summed E-state index contributed by atoms with van der Waals surface area (Å²) in [6.45, 7) is 1.84. The molecule has 3 aromatic heterocycles. The Balaban J connectivity index is 1.38. The fraction of sp³-hybridized carbons (Fsp3) is 0.391. The first-order valence-electron chi connectivity index (χ1n) is 11.0. The summed E-state index contributed by atoms with van der Waals surface area (Å²) in [6.07, 6.45) is 7.19. The van der Waals surface area contributed by atoms with Gasteiger partial charge < -0.3 is 15.1 Å². The molecule has 1 aromatic carbocycles. The number of hydrogen-bond donors (Lipinski definition) is 2. The first-order valence-corrected chi connectivity index (χ1v) is 11.9. The van der Waals surface area contributed by atoms with Gasteiger partial charge in [0, 0.05) is 43.4 Å². The predicted octanol–water partition coefficient (Wildman–Crippen LogP) is 3.71. The van der Waals surface area contributed by atoms with E-state index in [0.717, 1.165) is 77.1 Å². The van der Waals surface area contributed by atoms with Crippen molar-refractivity contribution < 1.29 is 4.79 Å². The molecule has 0 spiro atoms. The van der Waals surface area contributed by atoms with Crippen LogP contribution in [0.5, 0.6) is 0 Å². The molecule has 0 radical (unpaired) electrons. The van der Waals surface area contributed by atoms with Crippen molar-refractivity contribution in [2.45, 2.75) is 25.7 Å². The highest BCUT2D eigenvalue weighted by Crippen LogP contribution is 2.42. The fourth-order valence-electron chi connectivity index (χ4n) is 4.79. The predicted molar refractivity (Wildman–Crippen MR) is 128 cm³/mol. The van der Waals surface area contributed by atoms with E-state index in [1.807, 2.05) is 25.2 Å². The summed E-state index contributed by atoms with van der Waals surface area (Å²) in [7, 11) is 4.06. The highest BCUT2D eigenvalue weighted by atomic mass is 32.1. The first-order chi connectivity index (χ1) is 15.6. The molecule has 0 unspecified atom stereocenters. The van der Waals surface area contributed by atoms with Gasteiger partial charge in [-0.05, 0) is 43.4 Å². The molecular formula is C23H25N7OS. The molecule has 0 saturated carbocycles. The number of fused-ring (bicyclic) bond motifs is 4. The Morgan fingerprint density at radius 1 is 1.28 bits per heavy atom. The van der Waals surface area contributed by atoms with E-state index < -0.39 is 0 Å². The number of carbonyl (C=O) groups is 1. The van der Waals surface area contributed by atoms with Crippen LogP contribution in [0.15, 0.2) is 24.7 Å². The van der Waals surface area contributed by atoms with Gasteiger partial charge in [-0.25, -0.2) is 9.97 Å². The number of aromatic amines is 1. The smallest absolute Gasteiger partial charge is 0.226 e. The summed E-state index contributed by atoms with van der Waals surface area (Å²) < 4.78 is 0. The van der Waals surface area contributed by atoms with Gasteiger partial charge in [0.25, 0.3) is 0 Å². The number of aryl methyl sites for hydroxylation is 1. The van der Waals surface area contributed by atoms with Gasteiger partial charge in [-0.3, -0.25) is 9.89 Å². The molecule has 2 aliphatic rings. The van der Waals surface area contributed by atoms with E-state index in [1.54, 1.807) is 17.7 Å². The summed E-state index contributed by atoms with van der Waals surface area (Å²) in [4.78, 5) is 28.3. The number of aromatic nitrogens is 4. The second-order valence-electron chi connectivity index (χ2n) is 8.87. The van der Waals surface area contributed by atoms with E-state index in [-0.39, 0.29) is 5.92 Å². The number of nitrogens with one attached hydrogen (secondary N) is 2. The minimum Gasteiger partial charge on any atom is -0.376 e. The van der Waals surface area contributed by atoms with Crippen LogP contribution in [0.4, 0.5) is 17.2 Å². The Kier molecular flexibility index (Phi) is 4.53. The van der Waals surface area contributed by atoms with Crippen LogP contribution in [0.3, 0.4) is 0 Å². The van der Waals surface area contributed by atoms with Crippen molar-refractivity contribution in [3.05, 3.63) is 35.1 Å². The molecule has 4 aromatic rings. The molecular weight excluding hydrogens is 422 g/mol. The highest BCUT2D eigenvalue weighted by molar-refractivity contribution is 7.19. The van der Waals surface area contributed by atoms with Crippen LogP contribution >= 0.6 is 11.3 Å². The summed E-state index contributed by atoms with van der Waals surface area (Å²) in [6, 6.07) is 4.20. The zero-order valence-electron chi connectivity index (χ0n) is 18.2. The number of amides is 1. The minimum absolute atomic E-state index is 0.101. The molecule has 9 heteroatoms. The molecule has 1 amide bonds. The number of thiophene rings is 1. The lowest BCUT2D eigenvalue weighted by molar-refractivity contribution is -0.139. The number of H-pyrrole nitrogens is 1. The molecule has 2 N–H and O–H groups in total. The van der Waals surface area contributed by atoms with Crippen molar-refractivity contribution in [3.63, 3.8) is 0 Å². The quantitative estimate of drug-likeness (QED) is 0.496. The Bertz CT molecular complexity index is 1340. The number of rotatable bonds is 4. The monoisotopic (exact) mass is 447 g/mol. The summed E-state index contributed by atoms with van der Waals surface area (Å²) in [5, 5.41) is 12.9. The van der Waals surface area contributed by atoms with Crippen molar-refractivity contribution in [1.82, 2.24) is 25.1 Å². The van der Waals surface area contributed by atoms with Crippen molar-refractivity contribution in [1.29, 1.82) is 0 Å². The second-order valence-corrected chi connectivity index (χ2v) is 9.95. The van der Waals surface area contributed by atoms with E-state index in [4.69, 9.17) is 0 Å². The van der Waals surface area contributed by atoms with Gasteiger partial charge in [-0.2, -0.15) is 5.10 Å². The largest absolute Gasteiger partial charge is 0.376 e. The van der Waals surface area contributed by atoms with Crippen LogP contribution in [-0.2, 0) is 17.6 Å². The topological polar surface area (TPSA) is 90.0 Å². The first kappa shape index (κ1) is 19.5. The van der Waals surface area contributed by atoms with Gasteiger partial charge in [-0.1, -0.05) is 0 Å². The second kappa shape index (κ2) is 7.44. The zero-order chi connectivity index (χ0) is 21.8. The van der Waals surface area contributed by atoms with Gasteiger partial charge in [0.2, 0.25) is 5.91 Å². The van der Waals surface area contributed by atoms with Gasteiger partial charge >= 0.3 is 0 Å². The molecule has 6 rings (SSSR count). The Hall–Kier alpha value is -3.20. The fourth-order valence-corrected chi connectivity index (χ4v) is 6.06. The SMILES string of the molecule is CN(C)c1cc2[nH]ncc2cc1Nc1ncnc2sc3c(c12)CC[C@H](C(=O)N1CCC1)C3. The van der Waals surface area contributed by atoms with E-state index in [2.05, 4.69) is 42.5 Å². The van der Waals surface area contributed by atoms with Crippen molar-refractivity contribution in [2.24, 2.45) is 5.92 Å². The maximum absolute atomic E-state index is 12.8. The molecule has 32 heavy (non-hydrogen) atoms. The minimum atomic E-state index is 0.101. The summed E-state index contributed by atoms with van der Waals surface area (Å²) >= 11 is 1.71. The number of carbonyl (C=O) groups excluding carboxylic acids is 1. The standard InChI is InChI=1S/C23H25N7OS/c1-29(2)18-10-16-14(11-26-28-16)8-17(18)27-21-20-15-5-4-13(23(31)30-6-3-7-30)9-19(15)32-22(20)25-12-24-21/h8,10-13H,3-7,9H2,1-2H3,(H,26,28)(H,24,25,27)/t13-/m0/s1. The van der Waals surface area contributed by atoms with E-state index >= 15 is 0 Å². The summed E-state index contributed by atoms with van der Waals surface area (Å²) in [5.74, 6) is 1.25. The lowest BCUT2D eigenvalue weighted by Crippen LogP contribution is -2.46. The molecule has 164 valence electrons. The van der Waals surface area contributed by atoms with Gasteiger partial charge in [-0.15, -0.1) is 11.3 Å². The van der Waals surface area contributed by atoms with E-state index in [9.17, 15) is 4.79 Å². The third kappa shape index (κ3) is 3.10. The zero-order valence-corrected chi connectivity index (χ0v) is 19.0. The molecule has 4 heterocycles. The van der Waals surface area contributed by atoms with Gasteiger partial charge in [0.1, 0.15) is 17.0 Å². The molecule has 8 nitrogen and oxygen atoms in total. The van der Waals surface area contributed by atoms with Crippen LogP contribution in [0.25, 0.3) is 21.1 Å². The van der Waals surface area contributed by atoms with Gasteiger partial charge in [0.05, 0.1) is 28.5 Å². The lowest BCUT2D eigenvalue weighted by atomic mass is 9.86. The molecule has 1 atom stereocenters. The Morgan fingerprint density at radius 2 is 2.16 bits per heavy atom. The third-order valence-corrected chi connectivity index (χ3v) is 7.82. The average Bonchev–Trinajstić information content (AvgIpc) is 3.35. The molecule has 1 aliphatic heterocycles. The van der Waals surface area contributed by atoms with E-state index in [1.165, 1.54) is 10.4 Å². The number of likely N-dealkylation sites (tertiary alicyclic amines) is 1. The van der Waals surface area contributed by atoms with Gasteiger partial charge in [0.15, 0.2) is 0 Å². The average molecular weight is 448 g/mol. The van der Waals surface area contributed by atoms with Crippen LogP contribution < -0.4 is 10.2 Å². The number of nitrogens with zero attached hydrogens (tertiary/aromatic N) is 5. The number of benzene rings is 1. The highest BCUT2D eigenvalue weighted by Gasteiger charge is 2.33. The van der Waals surface area contributed by atoms with Crippen molar-refractivity contribution in [3.8, 4) is 0 Å². The normalized spacial score (nSPS) is 17.9. The molecule has 1 aliphatic carbocycles. The lowest BCUT2D eigenvalue weighted by Gasteiger charge is -2.35. The molecule has 1 fully saturated rings. The summed E-state index contributed by atoms with van der Waals surface area (Å²) in [5.41, 5.74) is 4.33. The number of hydrogen-bond acceptors (Lipinski definition) is 7. The number of anilines is 3.